The first kappa shape index (κ1) is 20.4. The average molecular weight is 389 g/mol. The van der Waals surface area contributed by atoms with Gasteiger partial charge in [-0.25, -0.2) is 13.2 Å². The Kier molecular flexibility index (Phi) is 6.57. The van der Waals surface area contributed by atoms with Gasteiger partial charge in [0.25, 0.3) is 5.91 Å². The average Bonchev–Trinajstić information content (AvgIpc) is 2.54. The lowest BCUT2D eigenvalue weighted by molar-refractivity contribution is 0.102. The molecule has 0 spiro atoms. The summed E-state index contributed by atoms with van der Waals surface area (Å²) in [6.07, 6.45) is 1.14. The zero-order chi connectivity index (χ0) is 20.0. The van der Waals surface area contributed by atoms with E-state index in [-0.39, 0.29) is 17.8 Å². The summed E-state index contributed by atoms with van der Waals surface area (Å²) in [5.41, 5.74) is 1.76. The molecule has 0 fully saturated rings. The molecule has 0 aliphatic rings. The SMILES string of the molecule is CC(C)NC(=O)Nc1ccccc1NC(=O)c1cccc(CS(C)(=O)=O)c1. The summed E-state index contributed by atoms with van der Waals surface area (Å²) in [5.74, 6) is -0.536. The quantitative estimate of drug-likeness (QED) is 0.706. The van der Waals surface area contributed by atoms with Crippen molar-refractivity contribution in [3.05, 3.63) is 59.7 Å². The Hall–Kier alpha value is -2.87. The third kappa shape index (κ3) is 6.74. The lowest BCUT2D eigenvalue weighted by Gasteiger charge is -2.14. The van der Waals surface area contributed by atoms with Gasteiger partial charge in [0.1, 0.15) is 0 Å². The number of carbonyl (C=O) groups excluding carboxylic acids is 2. The van der Waals surface area contributed by atoms with E-state index in [0.717, 1.165) is 6.26 Å². The monoisotopic (exact) mass is 389 g/mol. The second-order valence-corrected chi connectivity index (χ2v) is 8.66. The molecule has 0 atom stereocenters. The Morgan fingerprint density at radius 1 is 0.963 bits per heavy atom. The van der Waals surface area contributed by atoms with Gasteiger partial charge in [-0.3, -0.25) is 4.79 Å². The normalized spacial score (nSPS) is 11.1. The van der Waals surface area contributed by atoms with E-state index in [4.69, 9.17) is 0 Å². The van der Waals surface area contributed by atoms with Crippen LogP contribution in [0.3, 0.4) is 0 Å². The Bertz CT molecular complexity index is 939. The third-order valence-electron chi connectivity index (χ3n) is 3.46. The first-order chi connectivity index (χ1) is 12.6. The van der Waals surface area contributed by atoms with Crippen molar-refractivity contribution in [2.24, 2.45) is 0 Å². The van der Waals surface area contributed by atoms with E-state index in [1.165, 1.54) is 6.07 Å². The molecule has 3 amide bonds. The first-order valence-electron chi connectivity index (χ1n) is 8.38. The molecule has 0 aliphatic carbocycles. The van der Waals surface area contributed by atoms with Gasteiger partial charge in [0.15, 0.2) is 9.84 Å². The van der Waals surface area contributed by atoms with Crippen LogP contribution in [0.1, 0.15) is 29.8 Å². The standard InChI is InChI=1S/C19H23N3O4S/c1-13(2)20-19(24)22-17-10-5-4-9-16(17)21-18(23)15-8-6-7-14(11-15)12-27(3,25)26/h4-11,13H,12H2,1-3H3,(H,21,23)(H2,20,22,24). The molecule has 0 radical (unpaired) electrons. The number of hydrogen-bond acceptors (Lipinski definition) is 4. The van der Waals surface area contributed by atoms with Gasteiger partial charge in [0.2, 0.25) is 0 Å². The van der Waals surface area contributed by atoms with Crippen molar-refractivity contribution in [3.8, 4) is 0 Å². The molecule has 0 heterocycles. The van der Waals surface area contributed by atoms with Crippen LogP contribution in [0.2, 0.25) is 0 Å². The highest BCUT2D eigenvalue weighted by Gasteiger charge is 2.13. The van der Waals surface area contributed by atoms with Crippen molar-refractivity contribution in [1.29, 1.82) is 0 Å². The lowest BCUT2D eigenvalue weighted by atomic mass is 10.1. The molecule has 0 unspecified atom stereocenters. The Morgan fingerprint density at radius 2 is 1.59 bits per heavy atom. The van der Waals surface area contributed by atoms with Crippen LogP contribution < -0.4 is 16.0 Å². The molecule has 27 heavy (non-hydrogen) atoms. The van der Waals surface area contributed by atoms with Crippen molar-refractivity contribution < 1.29 is 18.0 Å². The van der Waals surface area contributed by atoms with Gasteiger partial charge in [-0.1, -0.05) is 24.3 Å². The van der Waals surface area contributed by atoms with E-state index in [1.54, 1.807) is 42.5 Å². The fraction of sp³-hybridized carbons (Fsp3) is 0.263. The van der Waals surface area contributed by atoms with Crippen LogP contribution in [0.5, 0.6) is 0 Å². The third-order valence-corrected chi connectivity index (χ3v) is 4.32. The minimum atomic E-state index is -3.19. The van der Waals surface area contributed by atoms with Crippen molar-refractivity contribution in [2.75, 3.05) is 16.9 Å². The number of anilines is 2. The number of sulfone groups is 1. The van der Waals surface area contributed by atoms with Crippen LogP contribution in [0.4, 0.5) is 16.2 Å². The van der Waals surface area contributed by atoms with Crippen LogP contribution in [0.15, 0.2) is 48.5 Å². The van der Waals surface area contributed by atoms with E-state index in [2.05, 4.69) is 16.0 Å². The molecule has 8 heteroatoms. The first-order valence-corrected chi connectivity index (χ1v) is 10.4. The summed E-state index contributed by atoms with van der Waals surface area (Å²) in [5, 5.41) is 8.15. The van der Waals surface area contributed by atoms with Gasteiger partial charge in [-0.05, 0) is 43.7 Å². The van der Waals surface area contributed by atoms with Gasteiger partial charge < -0.3 is 16.0 Å². The molecule has 3 N–H and O–H groups in total. The van der Waals surface area contributed by atoms with Crippen LogP contribution >= 0.6 is 0 Å². The number of amides is 3. The van der Waals surface area contributed by atoms with Crippen LogP contribution in [0.25, 0.3) is 0 Å². The van der Waals surface area contributed by atoms with E-state index >= 15 is 0 Å². The van der Waals surface area contributed by atoms with Crippen LogP contribution in [-0.2, 0) is 15.6 Å². The van der Waals surface area contributed by atoms with Gasteiger partial charge in [-0.2, -0.15) is 0 Å². The smallest absolute Gasteiger partial charge is 0.319 e. The number of rotatable bonds is 6. The second-order valence-electron chi connectivity index (χ2n) is 6.52. The maximum absolute atomic E-state index is 12.6. The van der Waals surface area contributed by atoms with Crippen molar-refractivity contribution in [2.45, 2.75) is 25.6 Å². The molecular weight excluding hydrogens is 366 g/mol. The van der Waals surface area contributed by atoms with Crippen molar-refractivity contribution >= 4 is 33.2 Å². The molecule has 0 aromatic heterocycles. The molecular formula is C19H23N3O4S. The molecule has 0 bridgehead atoms. The Morgan fingerprint density at radius 3 is 2.19 bits per heavy atom. The summed E-state index contributed by atoms with van der Waals surface area (Å²) >= 11 is 0. The summed E-state index contributed by atoms with van der Waals surface area (Å²) in [6, 6.07) is 12.9. The van der Waals surface area contributed by atoms with Gasteiger partial charge >= 0.3 is 6.03 Å². The van der Waals surface area contributed by atoms with Gasteiger partial charge in [0, 0.05) is 17.9 Å². The Labute approximate surface area is 159 Å². The largest absolute Gasteiger partial charge is 0.336 e. The molecule has 144 valence electrons. The topological polar surface area (TPSA) is 104 Å². The molecule has 0 saturated heterocycles. The van der Waals surface area contributed by atoms with Crippen LogP contribution in [-0.4, -0.2) is 32.7 Å². The summed E-state index contributed by atoms with van der Waals surface area (Å²) in [7, 11) is -3.19. The predicted octanol–water partition coefficient (Wildman–Crippen LogP) is 3.01. The minimum absolute atomic E-state index is 0.0238. The molecule has 2 rings (SSSR count). The number of carbonyl (C=O) groups is 2. The fourth-order valence-corrected chi connectivity index (χ4v) is 3.21. The number of benzene rings is 2. The zero-order valence-electron chi connectivity index (χ0n) is 15.4. The summed E-state index contributed by atoms with van der Waals surface area (Å²) < 4.78 is 22.9. The molecule has 2 aromatic rings. The fourth-order valence-electron chi connectivity index (χ4n) is 2.42. The van der Waals surface area contributed by atoms with Gasteiger partial charge in [0.05, 0.1) is 17.1 Å². The second kappa shape index (κ2) is 8.68. The summed E-state index contributed by atoms with van der Waals surface area (Å²) in [4.78, 5) is 24.5. The maximum Gasteiger partial charge on any atom is 0.319 e. The predicted molar refractivity (Wildman–Crippen MR) is 107 cm³/mol. The highest BCUT2D eigenvalue weighted by atomic mass is 32.2. The lowest BCUT2D eigenvalue weighted by Crippen LogP contribution is -2.34. The van der Waals surface area contributed by atoms with E-state index < -0.39 is 15.7 Å². The van der Waals surface area contributed by atoms with Crippen molar-refractivity contribution in [3.63, 3.8) is 0 Å². The molecule has 0 saturated carbocycles. The number of para-hydroxylation sites is 2. The number of urea groups is 1. The highest BCUT2D eigenvalue weighted by Crippen LogP contribution is 2.22. The minimum Gasteiger partial charge on any atom is -0.336 e. The molecule has 0 aliphatic heterocycles. The Balaban J connectivity index is 2.17. The van der Waals surface area contributed by atoms with E-state index in [1.807, 2.05) is 13.8 Å². The highest BCUT2D eigenvalue weighted by molar-refractivity contribution is 7.89. The molecule has 2 aromatic carbocycles. The van der Waals surface area contributed by atoms with E-state index in [9.17, 15) is 18.0 Å². The van der Waals surface area contributed by atoms with Crippen molar-refractivity contribution in [1.82, 2.24) is 5.32 Å². The molecule has 7 nitrogen and oxygen atoms in total. The van der Waals surface area contributed by atoms with E-state index in [0.29, 0.717) is 22.5 Å². The summed E-state index contributed by atoms with van der Waals surface area (Å²) in [6.45, 7) is 3.69. The van der Waals surface area contributed by atoms with Gasteiger partial charge in [-0.15, -0.1) is 0 Å². The number of hydrogen-bond donors (Lipinski definition) is 3. The maximum atomic E-state index is 12.6. The number of nitrogens with one attached hydrogen (secondary N) is 3. The van der Waals surface area contributed by atoms with Crippen LogP contribution in [0, 0.1) is 0 Å². The zero-order valence-corrected chi connectivity index (χ0v) is 16.3.